The highest BCUT2D eigenvalue weighted by Gasteiger charge is 2.34. The summed E-state index contributed by atoms with van der Waals surface area (Å²) in [6.45, 7) is 0.499. The van der Waals surface area contributed by atoms with E-state index in [2.05, 4.69) is 15.3 Å². The van der Waals surface area contributed by atoms with Crippen molar-refractivity contribution in [3.63, 3.8) is 0 Å². The average molecular weight is 354 g/mol. The minimum absolute atomic E-state index is 0.0274. The van der Waals surface area contributed by atoms with Crippen molar-refractivity contribution < 1.29 is 14.3 Å². The van der Waals surface area contributed by atoms with E-state index in [1.54, 1.807) is 18.3 Å². The van der Waals surface area contributed by atoms with E-state index in [0.29, 0.717) is 19.4 Å². The van der Waals surface area contributed by atoms with Gasteiger partial charge < -0.3 is 19.9 Å². The Hall–Kier alpha value is -2.83. The first-order chi connectivity index (χ1) is 12.6. The topological polar surface area (TPSA) is 87.3 Å². The molecule has 1 aliphatic carbocycles. The maximum atomic E-state index is 12.6. The van der Waals surface area contributed by atoms with E-state index in [4.69, 9.17) is 4.74 Å². The number of carbonyl (C=O) groups excluding carboxylic acids is 2. The van der Waals surface area contributed by atoms with Crippen molar-refractivity contribution >= 4 is 17.5 Å². The maximum Gasteiger partial charge on any atom is 0.229 e. The zero-order valence-corrected chi connectivity index (χ0v) is 14.7. The highest BCUT2D eigenvalue weighted by atomic mass is 16.5. The van der Waals surface area contributed by atoms with Crippen LogP contribution in [0.1, 0.15) is 24.2 Å². The van der Waals surface area contributed by atoms with Gasteiger partial charge in [-0.2, -0.15) is 0 Å². The van der Waals surface area contributed by atoms with Gasteiger partial charge in [0.05, 0.1) is 25.2 Å². The third-order valence-corrected chi connectivity index (χ3v) is 5.21. The molecule has 0 bridgehead atoms. The third-order valence-electron chi connectivity index (χ3n) is 5.21. The van der Waals surface area contributed by atoms with Gasteiger partial charge in [0.25, 0.3) is 0 Å². The van der Waals surface area contributed by atoms with Crippen LogP contribution in [0.4, 0.5) is 5.69 Å². The number of rotatable bonds is 4. The summed E-state index contributed by atoms with van der Waals surface area (Å²) in [6.07, 6.45) is 4.32. The highest BCUT2D eigenvalue weighted by Crippen LogP contribution is 2.26. The maximum absolute atomic E-state index is 12.6. The van der Waals surface area contributed by atoms with E-state index < -0.39 is 0 Å². The smallest absolute Gasteiger partial charge is 0.229 e. The second-order valence-electron chi connectivity index (χ2n) is 6.88. The van der Waals surface area contributed by atoms with E-state index in [9.17, 15) is 9.59 Å². The number of aromatic nitrogens is 2. The average Bonchev–Trinajstić information content (AvgIpc) is 3.27. The summed E-state index contributed by atoms with van der Waals surface area (Å²) in [7, 11) is 1.61. The summed E-state index contributed by atoms with van der Waals surface area (Å²) in [6, 6.07) is 7.24. The number of ether oxygens (including phenoxy) is 1. The Labute approximate surface area is 151 Å². The fourth-order valence-electron chi connectivity index (χ4n) is 3.76. The molecule has 0 spiro atoms. The summed E-state index contributed by atoms with van der Waals surface area (Å²) in [5.41, 5.74) is 2.95. The van der Waals surface area contributed by atoms with Gasteiger partial charge in [-0.15, -0.1) is 0 Å². The molecule has 1 saturated heterocycles. The number of imidazole rings is 1. The number of nitrogens with zero attached hydrogens (tertiary/aromatic N) is 2. The molecular formula is C19H22N4O3. The van der Waals surface area contributed by atoms with Gasteiger partial charge in [-0.25, -0.2) is 4.98 Å². The summed E-state index contributed by atoms with van der Waals surface area (Å²) in [4.78, 5) is 34.1. The van der Waals surface area contributed by atoms with Crippen molar-refractivity contribution in [1.29, 1.82) is 0 Å². The number of carbonyl (C=O) groups is 2. The first-order valence-electron chi connectivity index (χ1n) is 8.90. The number of H-pyrrole nitrogens is 1. The van der Waals surface area contributed by atoms with Crippen LogP contribution in [0.5, 0.6) is 5.75 Å². The van der Waals surface area contributed by atoms with Crippen molar-refractivity contribution in [2.45, 2.75) is 31.7 Å². The highest BCUT2D eigenvalue weighted by molar-refractivity contribution is 5.97. The Morgan fingerprint density at radius 3 is 2.88 bits per heavy atom. The van der Waals surface area contributed by atoms with Gasteiger partial charge in [-0.3, -0.25) is 9.59 Å². The fourth-order valence-corrected chi connectivity index (χ4v) is 3.76. The second-order valence-corrected chi connectivity index (χ2v) is 6.88. The van der Waals surface area contributed by atoms with E-state index in [1.165, 1.54) is 0 Å². The number of nitrogens with one attached hydrogen (secondary N) is 2. The Morgan fingerprint density at radius 2 is 2.12 bits per heavy atom. The number of fused-ring (bicyclic) bond motifs is 1. The van der Waals surface area contributed by atoms with Crippen molar-refractivity contribution in [3.8, 4) is 5.75 Å². The van der Waals surface area contributed by atoms with Crippen molar-refractivity contribution in [1.82, 2.24) is 15.3 Å². The second kappa shape index (κ2) is 6.82. The minimum Gasteiger partial charge on any atom is -0.497 e. The molecule has 7 heteroatoms. The molecule has 1 fully saturated rings. The quantitative estimate of drug-likeness (QED) is 0.870. The fraction of sp³-hybridized carbons (Fsp3) is 0.421. The Bertz CT molecular complexity index is 814. The molecule has 2 N–H and O–H groups in total. The predicted octanol–water partition coefficient (Wildman–Crippen LogP) is 1.44. The van der Waals surface area contributed by atoms with E-state index in [1.807, 2.05) is 24.3 Å². The number of anilines is 1. The number of hydrogen-bond donors (Lipinski definition) is 2. The van der Waals surface area contributed by atoms with Gasteiger partial charge in [-0.05, 0) is 37.1 Å². The molecule has 2 amide bonds. The molecule has 0 saturated carbocycles. The SMILES string of the molecule is COc1ccc(N2CC(NC(=O)C3CCc4nc[nH]c4C3)CC2=O)cc1. The van der Waals surface area contributed by atoms with E-state index in [0.717, 1.165) is 35.7 Å². The van der Waals surface area contributed by atoms with Gasteiger partial charge in [0.1, 0.15) is 5.75 Å². The molecule has 4 rings (SSSR count). The Balaban J connectivity index is 1.37. The molecule has 26 heavy (non-hydrogen) atoms. The van der Waals surface area contributed by atoms with E-state index >= 15 is 0 Å². The lowest BCUT2D eigenvalue weighted by Gasteiger charge is -2.23. The van der Waals surface area contributed by atoms with Gasteiger partial charge in [0, 0.05) is 36.7 Å². The lowest BCUT2D eigenvalue weighted by atomic mass is 9.89. The summed E-state index contributed by atoms with van der Waals surface area (Å²) in [5, 5.41) is 3.06. The Morgan fingerprint density at radius 1 is 1.31 bits per heavy atom. The van der Waals surface area contributed by atoms with Gasteiger partial charge in [0.2, 0.25) is 11.8 Å². The molecule has 2 atom stereocenters. The normalized spacial score (nSPS) is 22.2. The van der Waals surface area contributed by atoms with Crippen LogP contribution in [0, 0.1) is 5.92 Å². The van der Waals surface area contributed by atoms with E-state index in [-0.39, 0.29) is 23.8 Å². The molecule has 1 aromatic carbocycles. The summed E-state index contributed by atoms with van der Waals surface area (Å²) >= 11 is 0. The molecule has 136 valence electrons. The number of methoxy groups -OCH3 is 1. The van der Waals surface area contributed by atoms with Crippen LogP contribution in [0.25, 0.3) is 0 Å². The van der Waals surface area contributed by atoms with Crippen molar-refractivity contribution in [3.05, 3.63) is 42.0 Å². The lowest BCUT2D eigenvalue weighted by Crippen LogP contribution is -2.42. The first kappa shape index (κ1) is 16.6. The number of amides is 2. The predicted molar refractivity (Wildman–Crippen MR) is 96.0 cm³/mol. The molecule has 2 aliphatic rings. The number of benzene rings is 1. The number of aryl methyl sites for hydroxylation is 1. The summed E-state index contributed by atoms with van der Waals surface area (Å²) < 4.78 is 5.15. The molecule has 0 radical (unpaired) electrons. The molecule has 1 aromatic heterocycles. The number of hydrogen-bond acceptors (Lipinski definition) is 4. The van der Waals surface area contributed by atoms with Gasteiger partial charge >= 0.3 is 0 Å². The van der Waals surface area contributed by atoms with Crippen LogP contribution in [0.15, 0.2) is 30.6 Å². The standard InChI is InChI=1S/C19H22N4O3/c1-26-15-5-3-14(4-6-15)23-10-13(9-18(23)24)22-19(25)12-2-7-16-17(8-12)21-11-20-16/h3-6,11-13H,2,7-10H2,1H3,(H,20,21)(H,22,25). The van der Waals surface area contributed by atoms with Crippen LogP contribution >= 0.6 is 0 Å². The van der Waals surface area contributed by atoms with Crippen LogP contribution < -0.4 is 15.0 Å². The van der Waals surface area contributed by atoms with Crippen LogP contribution in [0.3, 0.4) is 0 Å². The largest absolute Gasteiger partial charge is 0.497 e. The van der Waals surface area contributed by atoms with Crippen molar-refractivity contribution in [2.75, 3.05) is 18.6 Å². The molecule has 7 nitrogen and oxygen atoms in total. The van der Waals surface area contributed by atoms with Crippen LogP contribution in [-0.2, 0) is 22.4 Å². The Kier molecular flexibility index (Phi) is 4.36. The molecular weight excluding hydrogens is 332 g/mol. The zero-order chi connectivity index (χ0) is 18.1. The molecule has 1 aliphatic heterocycles. The monoisotopic (exact) mass is 354 g/mol. The van der Waals surface area contributed by atoms with Crippen LogP contribution in [0.2, 0.25) is 0 Å². The first-order valence-corrected chi connectivity index (χ1v) is 8.90. The van der Waals surface area contributed by atoms with Crippen LogP contribution in [-0.4, -0.2) is 41.5 Å². The number of aromatic amines is 1. The molecule has 2 heterocycles. The lowest BCUT2D eigenvalue weighted by molar-refractivity contribution is -0.126. The minimum atomic E-state index is -0.153. The molecule has 2 unspecified atom stereocenters. The molecule has 2 aromatic rings. The van der Waals surface area contributed by atoms with Gasteiger partial charge in [0.15, 0.2) is 0 Å². The van der Waals surface area contributed by atoms with Gasteiger partial charge in [-0.1, -0.05) is 0 Å². The summed E-state index contributed by atoms with van der Waals surface area (Å²) in [5.74, 6) is 0.744. The third kappa shape index (κ3) is 3.16. The van der Waals surface area contributed by atoms with Crippen molar-refractivity contribution in [2.24, 2.45) is 5.92 Å². The zero-order valence-electron chi connectivity index (χ0n) is 14.7.